The second kappa shape index (κ2) is 7.67. The van der Waals surface area contributed by atoms with E-state index in [-0.39, 0.29) is 13.0 Å². The molecule has 5 heteroatoms. The maximum atomic E-state index is 12.1. The number of amides is 1. The van der Waals surface area contributed by atoms with E-state index in [0.29, 0.717) is 13.0 Å². The number of aliphatic carboxylic acids is 1. The second-order valence-electron chi connectivity index (χ2n) is 5.85. The van der Waals surface area contributed by atoms with Gasteiger partial charge in [0.2, 0.25) is 0 Å². The van der Waals surface area contributed by atoms with Gasteiger partial charge in [-0.15, -0.1) is 0 Å². The molecule has 0 heterocycles. The summed E-state index contributed by atoms with van der Waals surface area (Å²) in [6.45, 7) is 5.95. The highest BCUT2D eigenvalue weighted by atomic mass is 16.6. The first kappa shape index (κ1) is 17.0. The Hall–Kier alpha value is -2.04. The van der Waals surface area contributed by atoms with E-state index in [1.54, 1.807) is 20.8 Å². The van der Waals surface area contributed by atoms with Crippen LogP contribution in [-0.4, -0.2) is 40.8 Å². The van der Waals surface area contributed by atoms with Gasteiger partial charge >= 0.3 is 12.1 Å². The normalized spacial score (nSPS) is 11.0. The van der Waals surface area contributed by atoms with E-state index in [9.17, 15) is 9.59 Å². The van der Waals surface area contributed by atoms with Crippen molar-refractivity contribution in [2.75, 3.05) is 13.1 Å². The lowest BCUT2D eigenvalue weighted by Gasteiger charge is -2.27. The zero-order chi connectivity index (χ0) is 15.9. The van der Waals surface area contributed by atoms with Crippen LogP contribution in [-0.2, 0) is 16.0 Å². The van der Waals surface area contributed by atoms with Gasteiger partial charge in [0.25, 0.3) is 0 Å². The van der Waals surface area contributed by atoms with Crippen LogP contribution in [0.15, 0.2) is 30.3 Å². The number of rotatable bonds is 6. The van der Waals surface area contributed by atoms with Crippen LogP contribution in [0.1, 0.15) is 32.8 Å². The zero-order valence-corrected chi connectivity index (χ0v) is 12.8. The maximum Gasteiger partial charge on any atom is 0.410 e. The predicted octanol–water partition coefficient (Wildman–Crippen LogP) is 2.94. The molecule has 0 aliphatic heterocycles. The lowest BCUT2D eigenvalue weighted by Crippen LogP contribution is -2.39. The summed E-state index contributed by atoms with van der Waals surface area (Å²) in [7, 11) is 0. The van der Waals surface area contributed by atoms with Crippen molar-refractivity contribution in [3.05, 3.63) is 35.9 Å². The average Bonchev–Trinajstić information content (AvgIpc) is 2.37. The molecule has 0 bridgehead atoms. The molecule has 1 amide bonds. The molecular weight excluding hydrogens is 270 g/mol. The topological polar surface area (TPSA) is 66.8 Å². The fourth-order valence-electron chi connectivity index (χ4n) is 1.76. The van der Waals surface area contributed by atoms with E-state index >= 15 is 0 Å². The van der Waals surface area contributed by atoms with Crippen molar-refractivity contribution in [2.24, 2.45) is 0 Å². The number of carbonyl (C=O) groups excluding carboxylic acids is 1. The van der Waals surface area contributed by atoms with Crippen LogP contribution in [0.5, 0.6) is 0 Å². The number of carbonyl (C=O) groups is 2. The van der Waals surface area contributed by atoms with E-state index in [2.05, 4.69) is 0 Å². The third kappa shape index (κ3) is 7.34. The van der Waals surface area contributed by atoms with Gasteiger partial charge in [0, 0.05) is 13.1 Å². The van der Waals surface area contributed by atoms with Crippen LogP contribution in [0.4, 0.5) is 4.79 Å². The highest BCUT2D eigenvalue weighted by Gasteiger charge is 2.22. The number of ether oxygens (including phenoxy) is 1. The minimum atomic E-state index is -0.928. The van der Waals surface area contributed by atoms with Crippen LogP contribution < -0.4 is 0 Å². The first-order valence-electron chi connectivity index (χ1n) is 7.01. The predicted molar refractivity (Wildman–Crippen MR) is 80.2 cm³/mol. The molecule has 1 aromatic rings. The third-order valence-electron chi connectivity index (χ3n) is 2.76. The molecule has 0 radical (unpaired) electrons. The quantitative estimate of drug-likeness (QED) is 0.875. The molecule has 5 nitrogen and oxygen atoms in total. The molecule has 1 rings (SSSR count). The van der Waals surface area contributed by atoms with Gasteiger partial charge in [-0.1, -0.05) is 30.3 Å². The van der Waals surface area contributed by atoms with Crippen molar-refractivity contribution >= 4 is 12.1 Å². The number of carboxylic acids is 1. The monoisotopic (exact) mass is 293 g/mol. The molecule has 0 aliphatic carbocycles. The summed E-state index contributed by atoms with van der Waals surface area (Å²) in [6.07, 6.45) is 0.105. The van der Waals surface area contributed by atoms with Crippen LogP contribution >= 0.6 is 0 Å². The molecule has 0 aromatic heterocycles. The number of hydrogen-bond acceptors (Lipinski definition) is 3. The van der Waals surface area contributed by atoms with E-state index in [4.69, 9.17) is 9.84 Å². The summed E-state index contributed by atoms with van der Waals surface area (Å²) >= 11 is 0. The Morgan fingerprint density at radius 2 is 1.76 bits per heavy atom. The molecular formula is C16H23NO4. The fourth-order valence-corrected chi connectivity index (χ4v) is 1.76. The molecule has 0 spiro atoms. The summed E-state index contributed by atoms with van der Waals surface area (Å²) < 4.78 is 5.31. The minimum absolute atomic E-state index is 0.0893. The third-order valence-corrected chi connectivity index (χ3v) is 2.76. The minimum Gasteiger partial charge on any atom is -0.481 e. The molecule has 0 saturated heterocycles. The largest absolute Gasteiger partial charge is 0.481 e. The molecule has 0 atom stereocenters. The highest BCUT2D eigenvalue weighted by molar-refractivity contribution is 5.70. The van der Waals surface area contributed by atoms with Gasteiger partial charge < -0.3 is 14.7 Å². The van der Waals surface area contributed by atoms with Gasteiger partial charge in [0.05, 0.1) is 6.42 Å². The van der Waals surface area contributed by atoms with Gasteiger partial charge in [-0.2, -0.15) is 0 Å². The first-order valence-corrected chi connectivity index (χ1v) is 7.01. The number of hydrogen-bond donors (Lipinski definition) is 1. The number of carboxylic acid groups (broad SMARTS) is 1. The standard InChI is InChI=1S/C16H23NO4/c1-16(2,3)21-15(20)17(12-10-14(18)19)11-9-13-7-5-4-6-8-13/h4-8H,9-12H2,1-3H3,(H,18,19). The van der Waals surface area contributed by atoms with Gasteiger partial charge in [0.15, 0.2) is 0 Å². The average molecular weight is 293 g/mol. The molecule has 0 fully saturated rings. The molecule has 1 N–H and O–H groups in total. The molecule has 0 aliphatic rings. The van der Waals surface area contributed by atoms with Crippen LogP contribution in [0, 0.1) is 0 Å². The Kier molecular flexibility index (Phi) is 6.21. The lowest BCUT2D eigenvalue weighted by atomic mass is 10.1. The van der Waals surface area contributed by atoms with Crippen LogP contribution in [0.3, 0.4) is 0 Å². The molecule has 0 unspecified atom stereocenters. The fraction of sp³-hybridized carbons (Fsp3) is 0.500. The molecule has 116 valence electrons. The number of nitrogens with zero attached hydrogens (tertiary/aromatic N) is 1. The Balaban J connectivity index is 2.63. The smallest absolute Gasteiger partial charge is 0.410 e. The van der Waals surface area contributed by atoms with Crippen LogP contribution in [0.2, 0.25) is 0 Å². The SMILES string of the molecule is CC(C)(C)OC(=O)N(CCC(=O)O)CCc1ccccc1. The maximum absolute atomic E-state index is 12.1. The van der Waals surface area contributed by atoms with Crippen molar-refractivity contribution in [2.45, 2.75) is 39.2 Å². The van der Waals surface area contributed by atoms with E-state index in [1.807, 2.05) is 30.3 Å². The summed E-state index contributed by atoms with van der Waals surface area (Å²) in [5.41, 5.74) is 0.507. The summed E-state index contributed by atoms with van der Waals surface area (Å²) in [4.78, 5) is 24.3. The van der Waals surface area contributed by atoms with Gasteiger partial charge in [-0.25, -0.2) is 4.79 Å². The number of benzene rings is 1. The van der Waals surface area contributed by atoms with Crippen molar-refractivity contribution in [1.82, 2.24) is 4.90 Å². The van der Waals surface area contributed by atoms with Gasteiger partial charge in [0.1, 0.15) is 5.60 Å². The Bertz CT molecular complexity index is 465. The zero-order valence-electron chi connectivity index (χ0n) is 12.8. The summed E-state index contributed by atoms with van der Waals surface area (Å²) in [6, 6.07) is 9.75. The molecule has 0 saturated carbocycles. The summed E-state index contributed by atoms with van der Waals surface area (Å²) in [5, 5.41) is 8.78. The van der Waals surface area contributed by atoms with Crippen LogP contribution in [0.25, 0.3) is 0 Å². The molecule has 1 aromatic carbocycles. The highest BCUT2D eigenvalue weighted by Crippen LogP contribution is 2.11. The second-order valence-corrected chi connectivity index (χ2v) is 5.85. The lowest BCUT2D eigenvalue weighted by molar-refractivity contribution is -0.137. The van der Waals surface area contributed by atoms with Gasteiger partial charge in [-0.3, -0.25) is 4.79 Å². The van der Waals surface area contributed by atoms with E-state index in [0.717, 1.165) is 5.56 Å². The van der Waals surface area contributed by atoms with Gasteiger partial charge in [-0.05, 0) is 32.8 Å². The van der Waals surface area contributed by atoms with Crippen molar-refractivity contribution < 1.29 is 19.4 Å². The Labute approximate surface area is 125 Å². The Morgan fingerprint density at radius 3 is 2.29 bits per heavy atom. The van der Waals surface area contributed by atoms with E-state index < -0.39 is 17.7 Å². The van der Waals surface area contributed by atoms with Crippen molar-refractivity contribution in [3.8, 4) is 0 Å². The summed E-state index contributed by atoms with van der Waals surface area (Å²) in [5.74, 6) is -0.928. The molecule has 21 heavy (non-hydrogen) atoms. The van der Waals surface area contributed by atoms with Crippen molar-refractivity contribution in [3.63, 3.8) is 0 Å². The van der Waals surface area contributed by atoms with E-state index in [1.165, 1.54) is 4.90 Å². The Morgan fingerprint density at radius 1 is 1.14 bits per heavy atom. The van der Waals surface area contributed by atoms with Crippen molar-refractivity contribution in [1.29, 1.82) is 0 Å². The first-order chi connectivity index (χ1) is 9.78.